The lowest BCUT2D eigenvalue weighted by Gasteiger charge is -2.40. The maximum atomic E-state index is 8.27. The van der Waals surface area contributed by atoms with Gasteiger partial charge in [-0.05, 0) is 280 Å². The van der Waals surface area contributed by atoms with Crippen molar-refractivity contribution in [1.29, 1.82) is 0 Å². The van der Waals surface area contributed by atoms with Crippen molar-refractivity contribution >= 4 is 16.3 Å². The first-order chi connectivity index (χ1) is 46.5. The van der Waals surface area contributed by atoms with Gasteiger partial charge in [-0.1, -0.05) is 211 Å². The third kappa shape index (κ3) is 13.6. The van der Waals surface area contributed by atoms with Crippen LogP contribution < -0.4 is 9.05 Å². The van der Waals surface area contributed by atoms with Gasteiger partial charge >= 0.3 is 0 Å². The molecule has 0 saturated heterocycles. The maximum Gasteiger partial charge on any atom is 0.139 e. The van der Waals surface area contributed by atoms with Crippen LogP contribution in [0.4, 0.5) is 0 Å². The molecule has 16 rings (SSSR count). The summed E-state index contributed by atoms with van der Waals surface area (Å²) >= 11 is 0. The Hall–Kier alpha value is -5.78. The lowest BCUT2D eigenvalue weighted by Crippen LogP contribution is -2.24. The highest BCUT2D eigenvalue weighted by molar-refractivity contribution is 7.55. The molecule has 0 heterocycles. The van der Waals surface area contributed by atoms with Crippen LogP contribution in [0.2, 0.25) is 0 Å². The zero-order chi connectivity index (χ0) is 63.2. The minimum atomic E-state index is -0.646. The second-order valence-electron chi connectivity index (χ2n) is 30.0. The minimum Gasteiger partial charge on any atom is -0.472 e. The number of fused-ring (bicyclic) bond motifs is 4. The van der Waals surface area contributed by atoms with Gasteiger partial charge in [0, 0.05) is 44.9 Å². The Morgan fingerprint density at radius 3 is 0.766 bits per heavy atom. The Morgan fingerprint density at radius 2 is 0.489 bits per heavy atom. The molecule has 488 valence electrons. The van der Waals surface area contributed by atoms with Crippen molar-refractivity contribution in [1.82, 2.24) is 0 Å². The molecule has 8 aromatic carbocycles. The fraction of sp³-hybridized carbons (Fsp3) is 0.467. The van der Waals surface area contributed by atoms with Crippen molar-refractivity contribution in [3.8, 4) is 78.3 Å². The molecule has 0 N–H and O–H groups in total. The van der Waals surface area contributed by atoms with Crippen molar-refractivity contribution in [3.63, 3.8) is 0 Å². The first-order valence-electron chi connectivity index (χ1n) is 38.4. The number of hydrogen-bond acceptors (Lipinski definition) is 2. The summed E-state index contributed by atoms with van der Waals surface area (Å²) in [6, 6.07) is 55.3. The van der Waals surface area contributed by atoms with Gasteiger partial charge in [0.05, 0.1) is 16.3 Å². The van der Waals surface area contributed by atoms with E-state index in [1.54, 1.807) is 55.6 Å². The normalized spacial score (nSPS) is 18.9. The summed E-state index contributed by atoms with van der Waals surface area (Å²) in [5.74, 6) is 2.48. The summed E-state index contributed by atoms with van der Waals surface area (Å²) in [5.41, 5.74) is 35.5. The van der Waals surface area contributed by atoms with E-state index in [1.165, 1.54) is 284 Å². The molecule has 0 aliphatic heterocycles. The molecule has 0 unspecified atom stereocenters. The van der Waals surface area contributed by atoms with Crippen molar-refractivity contribution in [2.75, 3.05) is 0 Å². The van der Waals surface area contributed by atoms with E-state index in [9.17, 15) is 0 Å². The van der Waals surface area contributed by atoms with E-state index in [-0.39, 0.29) is 0 Å². The quantitative estimate of drug-likeness (QED) is 0.101. The minimum absolute atomic E-state index is 0.646. The molecule has 8 aliphatic rings. The van der Waals surface area contributed by atoms with E-state index < -0.39 is 16.3 Å². The lowest BCUT2D eigenvalue weighted by molar-refractivity contribution is 0.448. The Labute approximate surface area is 569 Å². The molecule has 0 bridgehead atoms. The molecule has 0 amide bonds. The van der Waals surface area contributed by atoms with E-state index in [2.05, 4.69) is 159 Å². The Bertz CT molecular complexity index is 3570. The van der Waals surface area contributed by atoms with Gasteiger partial charge < -0.3 is 9.05 Å². The largest absolute Gasteiger partial charge is 0.472 e. The number of rotatable bonds is 14. The Kier molecular flexibility index (Phi) is 20.7. The molecule has 0 radical (unpaired) electrons. The van der Waals surface area contributed by atoms with Gasteiger partial charge in [-0.2, -0.15) is 0 Å². The molecule has 4 fully saturated rings. The summed E-state index contributed by atoms with van der Waals surface area (Å²) < 4.78 is 16.5. The average molecular weight is 1280 g/mol. The number of benzene rings is 8. The second kappa shape index (κ2) is 30.3. The number of aryl methyl sites for hydroxylation is 4. The van der Waals surface area contributed by atoms with E-state index in [1.807, 2.05) is 0 Å². The third-order valence-corrected chi connectivity index (χ3v) is 29.7. The van der Waals surface area contributed by atoms with Gasteiger partial charge in [0.1, 0.15) is 11.5 Å². The van der Waals surface area contributed by atoms with Gasteiger partial charge in [0.15, 0.2) is 0 Å². The van der Waals surface area contributed by atoms with E-state index in [4.69, 9.17) is 9.05 Å². The van der Waals surface area contributed by atoms with E-state index in [0.717, 1.165) is 25.7 Å². The van der Waals surface area contributed by atoms with Gasteiger partial charge in [-0.25, -0.2) is 0 Å². The highest BCUT2D eigenvalue weighted by Gasteiger charge is 2.41. The lowest BCUT2D eigenvalue weighted by atomic mass is 9.74. The summed E-state index contributed by atoms with van der Waals surface area (Å²) in [6.45, 7) is 4.77. The van der Waals surface area contributed by atoms with Crippen LogP contribution in [0.15, 0.2) is 146 Å². The predicted molar refractivity (Wildman–Crippen MR) is 404 cm³/mol. The second-order valence-corrected chi connectivity index (χ2v) is 34.7. The van der Waals surface area contributed by atoms with Crippen LogP contribution in [-0.4, -0.2) is 22.6 Å². The van der Waals surface area contributed by atoms with Crippen molar-refractivity contribution < 1.29 is 9.05 Å². The highest BCUT2D eigenvalue weighted by Crippen LogP contribution is 2.64. The molecule has 0 atom stereocenters. The third-order valence-electron chi connectivity index (χ3n) is 24.0. The molecule has 8 aromatic rings. The average Bonchev–Trinajstić information content (AvgIpc) is 0.740. The zero-order valence-electron chi connectivity index (χ0n) is 57.3. The molecule has 0 aromatic heterocycles. The monoisotopic (exact) mass is 1280 g/mol. The topological polar surface area (TPSA) is 18.5 Å². The summed E-state index contributed by atoms with van der Waals surface area (Å²) in [4.78, 5) is 0. The zero-order valence-corrected chi connectivity index (χ0v) is 59.1. The standard InChI is InChI=1S/C56H72O2P2.C34H34/c1-7-23-41(24-8-1)51-39-43-27-19-21-37-49(43)53(55(51)57-59(45-29-11-3-12-30-45)46-31-13-4-14-32-46)54-50-38-22-20-28-44(50)40-52(42-25-9-2-10-26-42)56(54)58-60(47-33-15-5-16-34-47)48-35-17-6-18-36-48;1-23-31(25-13-5-3-6-14-25)21-27-17-9-11-19-29(27)33(23)34-24(2)32(26-15-7-4-8-16-26)22-28-18-10-12-20-30(28)34/h1-2,7-10,23-26,39-40,45-48H,3-6,11-22,27-38H2;3-8,13-16,21-22H,9-12,17-20H2,1-2H3. The van der Waals surface area contributed by atoms with Crippen LogP contribution in [0.25, 0.3) is 66.8 Å². The molecular weight excluding hydrogens is 1170 g/mol. The first kappa shape index (κ1) is 64.2. The van der Waals surface area contributed by atoms with Gasteiger partial charge in [-0.3, -0.25) is 0 Å². The summed E-state index contributed by atoms with van der Waals surface area (Å²) in [6.07, 6.45) is 47.2. The fourth-order valence-electron chi connectivity index (χ4n) is 19.1. The van der Waals surface area contributed by atoms with Crippen LogP contribution in [0.3, 0.4) is 0 Å². The van der Waals surface area contributed by atoms with Crippen LogP contribution in [0.5, 0.6) is 11.5 Å². The molecule has 0 spiro atoms. The Morgan fingerprint density at radius 1 is 0.255 bits per heavy atom. The van der Waals surface area contributed by atoms with E-state index in [0.29, 0.717) is 22.6 Å². The van der Waals surface area contributed by atoms with Crippen LogP contribution in [-0.2, 0) is 51.4 Å². The number of hydrogen-bond donors (Lipinski definition) is 0. The Balaban J connectivity index is 0.000000181. The molecule has 94 heavy (non-hydrogen) atoms. The van der Waals surface area contributed by atoms with E-state index >= 15 is 0 Å². The van der Waals surface area contributed by atoms with Gasteiger partial charge in [0.2, 0.25) is 0 Å². The first-order valence-corrected chi connectivity index (χ1v) is 41.1. The van der Waals surface area contributed by atoms with Gasteiger partial charge in [0.25, 0.3) is 0 Å². The maximum absolute atomic E-state index is 8.27. The van der Waals surface area contributed by atoms with Crippen LogP contribution >= 0.6 is 16.3 Å². The SMILES string of the molecule is Cc1c(-c2ccccc2)cc2c(c1-c1c(C)c(-c3ccccc3)cc3c1CCCC3)CCCC2.c1ccc(-c2cc3c(c(-c4c5c(cc(-c6ccccc6)c4OP(C4CCCCC4)C4CCCCC4)CCCC5)c2OP(C2CCCCC2)C2CCCCC2)CCCC3)cc1. The smallest absolute Gasteiger partial charge is 0.139 e. The molecule has 8 aliphatic carbocycles. The fourth-order valence-corrected chi connectivity index (χ4v) is 25.2. The van der Waals surface area contributed by atoms with Crippen molar-refractivity contribution in [3.05, 3.63) is 201 Å². The molecule has 4 heteroatoms. The highest BCUT2D eigenvalue weighted by atomic mass is 31.1. The predicted octanol–water partition coefficient (Wildman–Crippen LogP) is 26.4. The molecular formula is C90H106O2P2. The molecule has 4 saturated carbocycles. The van der Waals surface area contributed by atoms with Crippen LogP contribution in [0.1, 0.15) is 235 Å². The van der Waals surface area contributed by atoms with Crippen molar-refractivity contribution in [2.45, 2.75) is 268 Å². The summed E-state index contributed by atoms with van der Waals surface area (Å²) in [7, 11) is -1.29. The van der Waals surface area contributed by atoms with Crippen LogP contribution in [0, 0.1) is 13.8 Å². The summed E-state index contributed by atoms with van der Waals surface area (Å²) in [5, 5.41) is 0. The van der Waals surface area contributed by atoms with Gasteiger partial charge in [-0.15, -0.1) is 0 Å². The van der Waals surface area contributed by atoms with Crippen molar-refractivity contribution in [2.24, 2.45) is 0 Å². The molecule has 2 nitrogen and oxygen atoms in total.